The van der Waals surface area contributed by atoms with Crippen LogP contribution >= 0.6 is 0 Å². The number of hydrogen-bond donors (Lipinski definition) is 0. The third-order valence-electron chi connectivity index (χ3n) is 7.97. The predicted octanol–water partition coefficient (Wildman–Crippen LogP) is 4.24. The molecule has 144 valence electrons. The van der Waals surface area contributed by atoms with Crippen LogP contribution in [0.15, 0.2) is 11.6 Å². The fourth-order valence-electron chi connectivity index (χ4n) is 5.05. The van der Waals surface area contributed by atoms with Crippen LogP contribution in [0.25, 0.3) is 0 Å². The molecule has 26 heavy (non-hydrogen) atoms. The highest BCUT2D eigenvalue weighted by Crippen LogP contribution is 2.63. The molecule has 0 spiro atoms. The summed E-state index contributed by atoms with van der Waals surface area (Å²) in [6.07, 6.45) is 2.78. The number of carbonyl (C=O) groups is 3. The van der Waals surface area contributed by atoms with Gasteiger partial charge in [-0.05, 0) is 38.9 Å². The molecule has 0 heterocycles. The van der Waals surface area contributed by atoms with Crippen LogP contribution in [0.2, 0.25) is 18.1 Å². The molecule has 0 amide bonds. The number of hydrogen-bond acceptors (Lipinski definition) is 4. The van der Waals surface area contributed by atoms with Crippen LogP contribution in [0.4, 0.5) is 0 Å². The Labute approximate surface area is 157 Å². The zero-order valence-electron chi connectivity index (χ0n) is 17.4. The topological polar surface area (TPSA) is 60.4 Å². The van der Waals surface area contributed by atoms with E-state index in [-0.39, 0.29) is 34.7 Å². The van der Waals surface area contributed by atoms with Crippen LogP contribution in [0.3, 0.4) is 0 Å². The summed E-state index contributed by atoms with van der Waals surface area (Å²) >= 11 is 0. The minimum Gasteiger partial charge on any atom is -0.403 e. The van der Waals surface area contributed by atoms with Crippen molar-refractivity contribution in [1.29, 1.82) is 0 Å². The van der Waals surface area contributed by atoms with Gasteiger partial charge < -0.3 is 4.43 Å². The molecule has 4 atom stereocenters. The third-order valence-corrected chi connectivity index (χ3v) is 12.4. The Hall–Kier alpha value is -1.07. The minimum atomic E-state index is -2.31. The lowest BCUT2D eigenvalue weighted by Crippen LogP contribution is -2.75. The fourth-order valence-corrected chi connectivity index (χ4v) is 6.64. The van der Waals surface area contributed by atoms with Crippen LogP contribution in [0.5, 0.6) is 0 Å². The van der Waals surface area contributed by atoms with Gasteiger partial charge in [0.05, 0.1) is 10.8 Å². The molecule has 0 saturated heterocycles. The van der Waals surface area contributed by atoms with Crippen molar-refractivity contribution >= 4 is 25.7 Å². The van der Waals surface area contributed by atoms with Crippen molar-refractivity contribution in [3.8, 4) is 0 Å². The zero-order valence-corrected chi connectivity index (χ0v) is 18.4. The van der Waals surface area contributed by atoms with Gasteiger partial charge in [0.15, 0.2) is 19.9 Å². The quantitative estimate of drug-likeness (QED) is 0.411. The third kappa shape index (κ3) is 2.13. The van der Waals surface area contributed by atoms with Crippen LogP contribution in [-0.4, -0.2) is 31.3 Å². The van der Waals surface area contributed by atoms with Crippen molar-refractivity contribution in [3.63, 3.8) is 0 Å². The Bertz CT molecular complexity index is 744. The lowest BCUT2D eigenvalue weighted by atomic mass is 9.42. The van der Waals surface area contributed by atoms with E-state index in [1.54, 1.807) is 6.92 Å². The Balaban J connectivity index is 2.24. The molecule has 0 N–H and O–H groups in total. The average molecular weight is 377 g/mol. The molecule has 0 radical (unpaired) electrons. The Morgan fingerprint density at radius 3 is 2.23 bits per heavy atom. The number of allylic oxidation sites excluding steroid dienone is 1. The maximum atomic E-state index is 13.6. The van der Waals surface area contributed by atoms with Crippen molar-refractivity contribution in [3.05, 3.63) is 11.6 Å². The number of rotatable bonds is 2. The fraction of sp³-hybridized carbons (Fsp3) is 0.762. The molecule has 2 fully saturated rings. The standard InChI is InChI=1S/C21H32O4Si/c1-13-9-10-21(25-26(7,8)18(2,3)4)16(23)12-19(5)15(22)11-14(13)20(21,6)17(19)24/h9,14H,10-12H2,1-8H3/t14-,19-,20+,21+/m0/s1. The maximum Gasteiger partial charge on any atom is 0.193 e. The highest BCUT2D eigenvalue weighted by molar-refractivity contribution is 6.74. The molecule has 0 aliphatic heterocycles. The molecular weight excluding hydrogens is 344 g/mol. The minimum absolute atomic E-state index is 0.0194. The maximum absolute atomic E-state index is 13.6. The summed E-state index contributed by atoms with van der Waals surface area (Å²) in [5, 5.41) is -0.0711. The molecule has 0 aromatic heterocycles. The van der Waals surface area contributed by atoms with Crippen LogP contribution in [0.1, 0.15) is 60.8 Å². The molecule has 3 aliphatic rings. The first-order valence-corrected chi connectivity index (χ1v) is 12.5. The van der Waals surface area contributed by atoms with Gasteiger partial charge >= 0.3 is 0 Å². The first-order valence-electron chi connectivity index (χ1n) is 9.62. The Morgan fingerprint density at radius 2 is 1.69 bits per heavy atom. The molecule has 2 saturated carbocycles. The highest BCUT2D eigenvalue weighted by Gasteiger charge is 2.74. The molecular formula is C21H32O4Si. The summed E-state index contributed by atoms with van der Waals surface area (Å²) in [7, 11) is -2.31. The van der Waals surface area contributed by atoms with E-state index >= 15 is 0 Å². The second-order valence-corrected chi connectivity index (χ2v) is 15.2. The van der Waals surface area contributed by atoms with E-state index in [9.17, 15) is 14.4 Å². The zero-order chi connectivity index (χ0) is 19.9. The predicted molar refractivity (Wildman–Crippen MR) is 103 cm³/mol. The smallest absolute Gasteiger partial charge is 0.193 e. The summed E-state index contributed by atoms with van der Waals surface area (Å²) < 4.78 is 6.81. The van der Waals surface area contributed by atoms with Crippen molar-refractivity contribution in [2.24, 2.45) is 16.7 Å². The molecule has 3 rings (SSSR count). The second kappa shape index (κ2) is 5.25. The lowest BCUT2D eigenvalue weighted by Gasteiger charge is -2.63. The van der Waals surface area contributed by atoms with Gasteiger partial charge in [0.25, 0.3) is 0 Å². The van der Waals surface area contributed by atoms with E-state index in [1.807, 2.05) is 19.9 Å². The monoisotopic (exact) mass is 376 g/mol. The SMILES string of the molecule is CC1=CC[C@@]2(O[Si](C)(C)C(C)(C)C)C(=O)C[C@@]3(C)C(=O)C[C@@H]1[C@]2(C)C3=O. The van der Waals surface area contributed by atoms with Crippen molar-refractivity contribution in [2.45, 2.75) is 84.5 Å². The summed E-state index contributed by atoms with van der Waals surface area (Å²) in [6.45, 7) is 16.2. The second-order valence-electron chi connectivity index (χ2n) is 10.5. The molecule has 4 nitrogen and oxygen atoms in total. The van der Waals surface area contributed by atoms with E-state index in [1.165, 1.54) is 0 Å². The highest BCUT2D eigenvalue weighted by atomic mass is 28.4. The van der Waals surface area contributed by atoms with Gasteiger partial charge in [-0.2, -0.15) is 0 Å². The molecule has 5 heteroatoms. The van der Waals surface area contributed by atoms with Gasteiger partial charge in [-0.3, -0.25) is 14.4 Å². The number of ketones is 3. The first kappa shape index (κ1) is 19.7. The molecule has 3 aliphatic carbocycles. The van der Waals surface area contributed by atoms with Gasteiger partial charge in [-0.15, -0.1) is 0 Å². The summed E-state index contributed by atoms with van der Waals surface area (Å²) in [6, 6.07) is 0. The van der Waals surface area contributed by atoms with Crippen LogP contribution in [-0.2, 0) is 18.8 Å². The van der Waals surface area contributed by atoms with Gasteiger partial charge in [0.1, 0.15) is 11.4 Å². The molecule has 2 bridgehead atoms. The Kier molecular flexibility index (Phi) is 3.98. The van der Waals surface area contributed by atoms with Crippen LogP contribution < -0.4 is 0 Å². The van der Waals surface area contributed by atoms with E-state index in [0.29, 0.717) is 12.8 Å². The number of Topliss-reactive ketones (excluding diaryl/α,β-unsaturated/α-hetero) is 3. The van der Waals surface area contributed by atoms with Crippen molar-refractivity contribution in [2.75, 3.05) is 0 Å². The normalized spacial score (nSPS) is 40.5. The first-order chi connectivity index (χ1) is 11.6. The van der Waals surface area contributed by atoms with Crippen molar-refractivity contribution < 1.29 is 18.8 Å². The van der Waals surface area contributed by atoms with Gasteiger partial charge in [-0.25, -0.2) is 0 Å². The van der Waals surface area contributed by atoms with E-state index in [4.69, 9.17) is 4.43 Å². The summed E-state index contributed by atoms with van der Waals surface area (Å²) in [4.78, 5) is 39.9. The number of fused-ring (bicyclic) bond motifs is 1. The van der Waals surface area contributed by atoms with Gasteiger partial charge in [0, 0.05) is 25.2 Å². The van der Waals surface area contributed by atoms with Gasteiger partial charge in [-0.1, -0.05) is 32.4 Å². The largest absolute Gasteiger partial charge is 0.403 e. The lowest BCUT2D eigenvalue weighted by molar-refractivity contribution is -0.192. The molecule has 0 aromatic carbocycles. The van der Waals surface area contributed by atoms with Crippen LogP contribution in [0, 0.1) is 16.7 Å². The van der Waals surface area contributed by atoms with Gasteiger partial charge in [0.2, 0.25) is 0 Å². The Morgan fingerprint density at radius 1 is 1.12 bits per heavy atom. The summed E-state index contributed by atoms with van der Waals surface area (Å²) in [5.41, 5.74) is -2.22. The number of carbonyl (C=O) groups excluding carboxylic acids is 3. The molecule has 0 aromatic rings. The van der Waals surface area contributed by atoms with E-state index in [0.717, 1.165) is 5.57 Å². The van der Waals surface area contributed by atoms with E-state index < -0.39 is 24.7 Å². The molecule has 0 unspecified atom stereocenters. The summed E-state index contributed by atoms with van der Waals surface area (Å²) in [5.74, 6) is -0.474. The van der Waals surface area contributed by atoms with Crippen molar-refractivity contribution in [1.82, 2.24) is 0 Å². The van der Waals surface area contributed by atoms with E-state index in [2.05, 4.69) is 33.9 Å². The average Bonchev–Trinajstić information content (AvgIpc) is 2.49.